The van der Waals surface area contributed by atoms with E-state index in [0.29, 0.717) is 18.2 Å². The third-order valence-corrected chi connectivity index (χ3v) is 2.16. The van der Waals surface area contributed by atoms with Crippen LogP contribution < -0.4 is 0 Å². The molecular weight excluding hydrogens is 133 g/mol. The van der Waals surface area contributed by atoms with Crippen molar-refractivity contribution in [1.82, 2.24) is 4.67 Å². The molecule has 1 aliphatic heterocycles. The minimum atomic E-state index is 0.308. The Morgan fingerprint density at radius 2 is 2.56 bits per heavy atom. The van der Waals surface area contributed by atoms with Crippen molar-refractivity contribution in [2.75, 3.05) is 13.1 Å². The summed E-state index contributed by atoms with van der Waals surface area (Å²) >= 11 is 0. The van der Waals surface area contributed by atoms with Gasteiger partial charge < -0.3 is 0 Å². The van der Waals surface area contributed by atoms with Gasteiger partial charge in [-0.05, 0) is 6.42 Å². The van der Waals surface area contributed by atoms with Crippen LogP contribution in [-0.2, 0) is 4.79 Å². The minimum Gasteiger partial charge on any atom is -0.298 e. The van der Waals surface area contributed by atoms with E-state index in [1.54, 1.807) is 0 Å². The number of carbonyl (C=O) groups is 1. The Morgan fingerprint density at radius 3 is 2.78 bits per heavy atom. The van der Waals surface area contributed by atoms with E-state index >= 15 is 0 Å². The molecule has 3 heteroatoms. The van der Waals surface area contributed by atoms with Crippen molar-refractivity contribution >= 4 is 15.2 Å². The van der Waals surface area contributed by atoms with Gasteiger partial charge in [0.2, 0.25) is 0 Å². The molecule has 0 spiro atoms. The third kappa shape index (κ3) is 1.50. The predicted octanol–water partition coefficient (Wildman–Crippen LogP) is 0.687. The Hall–Kier alpha value is 0.0600. The maximum Gasteiger partial charge on any atom is 0.151 e. The van der Waals surface area contributed by atoms with E-state index in [1.807, 2.05) is 4.67 Å². The van der Waals surface area contributed by atoms with Crippen LogP contribution >= 0.6 is 9.39 Å². The lowest BCUT2D eigenvalue weighted by Gasteiger charge is -2.03. The molecule has 0 aromatic rings. The topological polar surface area (TPSA) is 20.3 Å². The quantitative estimate of drug-likeness (QED) is 0.506. The Labute approximate surface area is 57.9 Å². The Morgan fingerprint density at radius 1 is 1.89 bits per heavy atom. The van der Waals surface area contributed by atoms with Crippen molar-refractivity contribution in [2.45, 2.75) is 13.3 Å². The second-order valence-electron chi connectivity index (χ2n) is 2.50. The lowest BCUT2D eigenvalue weighted by atomic mass is 10.1. The van der Waals surface area contributed by atoms with Gasteiger partial charge in [0.25, 0.3) is 0 Å². The highest BCUT2D eigenvalue weighted by atomic mass is 31.0. The summed E-state index contributed by atoms with van der Waals surface area (Å²) in [5.74, 6) is 0.704. The van der Waals surface area contributed by atoms with Crippen LogP contribution in [-0.4, -0.2) is 23.5 Å². The molecule has 9 heavy (non-hydrogen) atoms. The van der Waals surface area contributed by atoms with Crippen LogP contribution in [0.5, 0.6) is 0 Å². The Kier molecular flexibility index (Phi) is 2.20. The molecule has 1 aliphatic rings. The molecule has 2 unspecified atom stereocenters. The van der Waals surface area contributed by atoms with Crippen molar-refractivity contribution in [1.29, 1.82) is 0 Å². The average Bonchev–Trinajstić information content (AvgIpc) is 2.10. The molecule has 0 saturated carbocycles. The first-order valence-corrected chi connectivity index (χ1v) is 3.78. The lowest BCUT2D eigenvalue weighted by molar-refractivity contribution is -0.119. The van der Waals surface area contributed by atoms with Crippen molar-refractivity contribution in [2.24, 2.45) is 5.92 Å². The summed E-state index contributed by atoms with van der Waals surface area (Å²) in [4.78, 5) is 11.0. The zero-order valence-electron chi connectivity index (χ0n) is 5.63. The molecule has 1 saturated heterocycles. The number of hydrogen-bond donors (Lipinski definition) is 0. The number of hydrogen-bond acceptors (Lipinski definition) is 2. The second kappa shape index (κ2) is 2.76. The van der Waals surface area contributed by atoms with Gasteiger partial charge in [-0.3, -0.25) is 9.46 Å². The molecule has 0 bridgehead atoms. The van der Waals surface area contributed by atoms with Gasteiger partial charge in [0.15, 0.2) is 5.78 Å². The van der Waals surface area contributed by atoms with Gasteiger partial charge in [-0.25, -0.2) is 0 Å². The van der Waals surface area contributed by atoms with Crippen LogP contribution in [0, 0.1) is 5.92 Å². The first-order valence-electron chi connectivity index (χ1n) is 3.26. The maximum absolute atomic E-state index is 11.0. The standard InChI is InChI=1S/C6H12NOP/c1-2-5-3-7(9)4-6(5)8/h5H,2-4,9H2,1H3. The van der Waals surface area contributed by atoms with Crippen LogP contribution in [0.3, 0.4) is 0 Å². The van der Waals surface area contributed by atoms with Gasteiger partial charge in [-0.1, -0.05) is 16.3 Å². The van der Waals surface area contributed by atoms with Gasteiger partial charge in [0.1, 0.15) is 0 Å². The highest BCUT2D eigenvalue weighted by Crippen LogP contribution is 2.18. The molecule has 1 heterocycles. The minimum absolute atomic E-state index is 0.308. The van der Waals surface area contributed by atoms with Gasteiger partial charge in [0.05, 0.1) is 6.54 Å². The molecule has 0 amide bonds. The summed E-state index contributed by atoms with van der Waals surface area (Å²) in [5.41, 5.74) is 0. The average molecular weight is 145 g/mol. The van der Waals surface area contributed by atoms with E-state index < -0.39 is 0 Å². The highest BCUT2D eigenvalue weighted by molar-refractivity contribution is 7.13. The van der Waals surface area contributed by atoms with Gasteiger partial charge >= 0.3 is 0 Å². The Balaban J connectivity index is 2.48. The number of ketones is 1. The number of nitrogens with zero attached hydrogens (tertiary/aromatic N) is 1. The van der Waals surface area contributed by atoms with E-state index in [1.165, 1.54) is 0 Å². The first-order chi connectivity index (χ1) is 4.24. The SMILES string of the molecule is CCC1CN(P)CC1=O. The van der Waals surface area contributed by atoms with E-state index in [0.717, 1.165) is 13.0 Å². The van der Waals surface area contributed by atoms with Crippen LogP contribution in [0.4, 0.5) is 0 Å². The largest absolute Gasteiger partial charge is 0.298 e. The summed E-state index contributed by atoms with van der Waals surface area (Å²) in [7, 11) is 2.56. The highest BCUT2D eigenvalue weighted by Gasteiger charge is 2.26. The molecule has 0 aliphatic carbocycles. The van der Waals surface area contributed by atoms with Crippen molar-refractivity contribution < 1.29 is 4.79 Å². The molecule has 0 radical (unpaired) electrons. The summed E-state index contributed by atoms with van der Waals surface area (Å²) < 4.78 is 2.00. The summed E-state index contributed by atoms with van der Waals surface area (Å²) in [6.45, 7) is 3.62. The smallest absolute Gasteiger partial charge is 0.151 e. The Bertz CT molecular complexity index is 126. The fourth-order valence-corrected chi connectivity index (χ4v) is 1.57. The molecule has 0 N–H and O–H groups in total. The van der Waals surface area contributed by atoms with Crippen molar-refractivity contribution in [3.05, 3.63) is 0 Å². The van der Waals surface area contributed by atoms with E-state index in [4.69, 9.17) is 0 Å². The molecule has 0 aromatic heterocycles. The fourth-order valence-electron chi connectivity index (χ4n) is 1.14. The molecule has 1 fully saturated rings. The number of carbonyl (C=O) groups excluding carboxylic acids is 1. The third-order valence-electron chi connectivity index (χ3n) is 1.76. The van der Waals surface area contributed by atoms with Crippen LogP contribution in [0.2, 0.25) is 0 Å². The lowest BCUT2D eigenvalue weighted by Crippen LogP contribution is -2.08. The van der Waals surface area contributed by atoms with E-state index in [-0.39, 0.29) is 0 Å². The fraction of sp³-hybridized carbons (Fsp3) is 0.833. The predicted molar refractivity (Wildman–Crippen MR) is 40.1 cm³/mol. The van der Waals surface area contributed by atoms with E-state index in [9.17, 15) is 4.79 Å². The molecule has 1 rings (SSSR count). The van der Waals surface area contributed by atoms with Gasteiger partial charge in [0, 0.05) is 12.5 Å². The van der Waals surface area contributed by atoms with Crippen molar-refractivity contribution in [3.63, 3.8) is 0 Å². The summed E-state index contributed by atoms with van der Waals surface area (Å²) in [6.07, 6.45) is 0.990. The molecular formula is C6H12NOP. The molecule has 2 atom stereocenters. The van der Waals surface area contributed by atoms with Crippen LogP contribution in [0.15, 0.2) is 0 Å². The van der Waals surface area contributed by atoms with E-state index in [2.05, 4.69) is 16.3 Å². The zero-order chi connectivity index (χ0) is 6.85. The number of rotatable bonds is 1. The maximum atomic E-state index is 11.0. The molecule has 52 valence electrons. The van der Waals surface area contributed by atoms with Crippen LogP contribution in [0.25, 0.3) is 0 Å². The molecule has 2 nitrogen and oxygen atoms in total. The van der Waals surface area contributed by atoms with Crippen LogP contribution in [0.1, 0.15) is 13.3 Å². The van der Waals surface area contributed by atoms with Crippen molar-refractivity contribution in [3.8, 4) is 0 Å². The van der Waals surface area contributed by atoms with Gasteiger partial charge in [-0.15, -0.1) is 0 Å². The number of Topliss-reactive ketones (excluding diaryl/α,β-unsaturated/α-hetero) is 1. The zero-order valence-corrected chi connectivity index (χ0v) is 6.79. The monoisotopic (exact) mass is 145 g/mol. The summed E-state index contributed by atoms with van der Waals surface area (Å²) in [5, 5.41) is 0. The summed E-state index contributed by atoms with van der Waals surface area (Å²) in [6, 6.07) is 0. The molecule has 0 aromatic carbocycles. The first kappa shape index (κ1) is 7.17. The second-order valence-corrected chi connectivity index (χ2v) is 3.23. The van der Waals surface area contributed by atoms with Gasteiger partial charge in [-0.2, -0.15) is 0 Å². The normalized spacial score (nSPS) is 29.6.